The highest BCUT2D eigenvalue weighted by molar-refractivity contribution is 4.65. The predicted octanol–water partition coefficient (Wildman–Crippen LogP) is 0.564. The largest absolute Gasteiger partial charge is 0.394 e. The molecule has 3 heteroatoms. The molecule has 0 unspecified atom stereocenters. The van der Waals surface area contributed by atoms with E-state index in [4.69, 9.17) is 9.84 Å². The van der Waals surface area contributed by atoms with Crippen LogP contribution in [0.5, 0.6) is 0 Å². The first-order valence-corrected chi connectivity index (χ1v) is 4.23. The van der Waals surface area contributed by atoms with Crippen molar-refractivity contribution in [3.8, 4) is 0 Å². The monoisotopic (exact) mass is 160 g/mol. The molecule has 0 radical (unpaired) electrons. The molecule has 2 aliphatic rings. The van der Waals surface area contributed by atoms with Crippen LogP contribution in [0.1, 0.15) is 19.3 Å². The standard InChI is InChI=1S/C5H10O.C3H6O2/c1-2-4-6-5-3-1;4-1-3-2-5-3/h1-5H2;3-4H,1-2H2/t;3-/m.0/s1. The van der Waals surface area contributed by atoms with E-state index in [-0.39, 0.29) is 12.7 Å². The number of rotatable bonds is 1. The molecular weight excluding hydrogens is 144 g/mol. The van der Waals surface area contributed by atoms with E-state index in [0.717, 1.165) is 19.8 Å². The molecule has 66 valence electrons. The van der Waals surface area contributed by atoms with E-state index < -0.39 is 0 Å². The second-order valence-corrected chi connectivity index (χ2v) is 2.81. The highest BCUT2D eigenvalue weighted by atomic mass is 16.6. The van der Waals surface area contributed by atoms with E-state index >= 15 is 0 Å². The van der Waals surface area contributed by atoms with Gasteiger partial charge in [-0.15, -0.1) is 0 Å². The van der Waals surface area contributed by atoms with Crippen molar-refractivity contribution in [2.75, 3.05) is 26.4 Å². The molecule has 0 aliphatic carbocycles. The molecular formula is C8H16O3. The van der Waals surface area contributed by atoms with Crippen LogP contribution in [-0.4, -0.2) is 37.6 Å². The van der Waals surface area contributed by atoms with Crippen LogP contribution in [0.25, 0.3) is 0 Å². The van der Waals surface area contributed by atoms with Crippen LogP contribution in [0.2, 0.25) is 0 Å². The summed E-state index contributed by atoms with van der Waals surface area (Å²) in [6.07, 6.45) is 4.12. The summed E-state index contributed by atoms with van der Waals surface area (Å²) in [4.78, 5) is 0. The van der Waals surface area contributed by atoms with Crippen LogP contribution in [-0.2, 0) is 9.47 Å². The van der Waals surface area contributed by atoms with Gasteiger partial charge in [0.15, 0.2) is 0 Å². The molecule has 2 saturated heterocycles. The maximum absolute atomic E-state index is 8.08. The van der Waals surface area contributed by atoms with E-state index in [0.29, 0.717) is 0 Å². The summed E-state index contributed by atoms with van der Waals surface area (Å²) in [6.45, 7) is 2.95. The number of epoxide rings is 1. The molecule has 3 nitrogen and oxygen atoms in total. The Labute approximate surface area is 67.3 Å². The van der Waals surface area contributed by atoms with Gasteiger partial charge in [-0.25, -0.2) is 0 Å². The Kier molecular flexibility index (Phi) is 4.50. The molecule has 0 aromatic carbocycles. The molecule has 2 heterocycles. The Balaban J connectivity index is 0.000000112. The van der Waals surface area contributed by atoms with Gasteiger partial charge in [-0.05, 0) is 19.3 Å². The van der Waals surface area contributed by atoms with Crippen LogP contribution in [0.4, 0.5) is 0 Å². The molecule has 2 aliphatic heterocycles. The minimum atomic E-state index is 0.190. The summed E-state index contributed by atoms with van der Waals surface area (Å²) >= 11 is 0. The Hall–Kier alpha value is -0.120. The van der Waals surface area contributed by atoms with Crippen LogP contribution in [0, 0.1) is 0 Å². The molecule has 1 N–H and O–H groups in total. The molecule has 0 amide bonds. The second-order valence-electron chi connectivity index (χ2n) is 2.81. The molecule has 0 spiro atoms. The summed E-state index contributed by atoms with van der Waals surface area (Å²) in [5.74, 6) is 0. The van der Waals surface area contributed by atoms with Gasteiger partial charge in [-0.2, -0.15) is 0 Å². The third-order valence-corrected chi connectivity index (χ3v) is 1.68. The maximum Gasteiger partial charge on any atom is 0.104 e. The predicted molar refractivity (Wildman–Crippen MR) is 41.5 cm³/mol. The van der Waals surface area contributed by atoms with Crippen LogP contribution in [0.3, 0.4) is 0 Å². The van der Waals surface area contributed by atoms with Gasteiger partial charge in [0.2, 0.25) is 0 Å². The van der Waals surface area contributed by atoms with Gasteiger partial charge >= 0.3 is 0 Å². The average Bonchev–Trinajstić information content (AvgIpc) is 2.91. The topological polar surface area (TPSA) is 42.0 Å². The van der Waals surface area contributed by atoms with Crippen molar-refractivity contribution in [3.63, 3.8) is 0 Å². The molecule has 0 bridgehead atoms. The third-order valence-electron chi connectivity index (χ3n) is 1.68. The Bertz CT molecular complexity index is 75.8. The van der Waals surface area contributed by atoms with Crippen molar-refractivity contribution < 1.29 is 14.6 Å². The smallest absolute Gasteiger partial charge is 0.104 e. The lowest BCUT2D eigenvalue weighted by molar-refractivity contribution is 0.0968. The number of aliphatic hydroxyl groups is 1. The van der Waals surface area contributed by atoms with Gasteiger partial charge in [0.05, 0.1) is 13.2 Å². The van der Waals surface area contributed by atoms with E-state index in [1.807, 2.05) is 0 Å². The maximum atomic E-state index is 8.08. The van der Waals surface area contributed by atoms with Gasteiger partial charge in [0.25, 0.3) is 0 Å². The summed E-state index contributed by atoms with van der Waals surface area (Å²) in [6, 6.07) is 0. The third kappa shape index (κ3) is 5.18. The molecule has 0 aromatic heterocycles. The fourth-order valence-electron chi connectivity index (χ4n) is 0.861. The minimum Gasteiger partial charge on any atom is -0.394 e. The fraction of sp³-hybridized carbons (Fsp3) is 1.00. The summed E-state index contributed by atoms with van der Waals surface area (Å²) < 4.78 is 9.68. The zero-order valence-electron chi connectivity index (χ0n) is 6.79. The fourth-order valence-corrected chi connectivity index (χ4v) is 0.861. The lowest BCUT2D eigenvalue weighted by Crippen LogP contribution is -2.03. The average molecular weight is 160 g/mol. The van der Waals surface area contributed by atoms with E-state index in [1.54, 1.807) is 0 Å². The Morgan fingerprint density at radius 3 is 1.91 bits per heavy atom. The van der Waals surface area contributed by atoms with Gasteiger partial charge in [0, 0.05) is 13.2 Å². The highest BCUT2D eigenvalue weighted by Crippen LogP contribution is 2.05. The van der Waals surface area contributed by atoms with Gasteiger partial charge in [-0.1, -0.05) is 0 Å². The lowest BCUT2D eigenvalue weighted by Gasteiger charge is -2.08. The zero-order valence-corrected chi connectivity index (χ0v) is 6.79. The first-order chi connectivity index (χ1) is 5.43. The van der Waals surface area contributed by atoms with Crippen molar-refractivity contribution >= 4 is 0 Å². The number of hydrogen-bond donors (Lipinski definition) is 1. The quantitative estimate of drug-likeness (QED) is 0.570. The van der Waals surface area contributed by atoms with E-state index in [2.05, 4.69) is 4.74 Å². The van der Waals surface area contributed by atoms with Gasteiger partial charge < -0.3 is 14.6 Å². The molecule has 2 rings (SSSR count). The van der Waals surface area contributed by atoms with Crippen molar-refractivity contribution in [1.29, 1.82) is 0 Å². The molecule has 2 fully saturated rings. The number of hydrogen-bond acceptors (Lipinski definition) is 3. The number of ether oxygens (including phenoxy) is 2. The second kappa shape index (κ2) is 5.52. The highest BCUT2D eigenvalue weighted by Gasteiger charge is 2.19. The normalized spacial score (nSPS) is 28.6. The first kappa shape index (κ1) is 8.97. The van der Waals surface area contributed by atoms with Gasteiger partial charge in [0.1, 0.15) is 6.10 Å². The van der Waals surface area contributed by atoms with Crippen LogP contribution >= 0.6 is 0 Å². The summed E-state index contributed by atoms with van der Waals surface area (Å²) in [5.41, 5.74) is 0. The summed E-state index contributed by atoms with van der Waals surface area (Å²) in [5, 5.41) is 8.08. The van der Waals surface area contributed by atoms with Crippen LogP contribution < -0.4 is 0 Å². The molecule has 11 heavy (non-hydrogen) atoms. The minimum absolute atomic E-state index is 0.190. The van der Waals surface area contributed by atoms with E-state index in [9.17, 15) is 0 Å². The van der Waals surface area contributed by atoms with E-state index in [1.165, 1.54) is 19.3 Å². The Morgan fingerprint density at radius 2 is 1.82 bits per heavy atom. The molecule has 0 aromatic rings. The molecule has 1 atom stereocenters. The molecule has 0 saturated carbocycles. The first-order valence-electron chi connectivity index (χ1n) is 4.23. The van der Waals surface area contributed by atoms with Crippen molar-refractivity contribution in [1.82, 2.24) is 0 Å². The van der Waals surface area contributed by atoms with Crippen molar-refractivity contribution in [2.24, 2.45) is 0 Å². The zero-order chi connectivity index (χ0) is 7.94. The van der Waals surface area contributed by atoms with Crippen LogP contribution in [0.15, 0.2) is 0 Å². The summed E-state index contributed by atoms with van der Waals surface area (Å²) in [7, 11) is 0. The van der Waals surface area contributed by atoms with Crippen molar-refractivity contribution in [2.45, 2.75) is 25.4 Å². The van der Waals surface area contributed by atoms with Crippen molar-refractivity contribution in [3.05, 3.63) is 0 Å². The number of aliphatic hydroxyl groups excluding tert-OH is 1. The SMILES string of the molecule is C1CCOCC1.OC[C@H]1CO1. The Morgan fingerprint density at radius 1 is 1.18 bits per heavy atom. The van der Waals surface area contributed by atoms with Gasteiger partial charge in [-0.3, -0.25) is 0 Å². The lowest BCUT2D eigenvalue weighted by atomic mass is 10.2.